The average Bonchev–Trinajstić information content (AvgIpc) is 2.84. The van der Waals surface area contributed by atoms with Crippen LogP contribution < -0.4 is 10.0 Å². The highest BCUT2D eigenvalue weighted by Gasteiger charge is 2.24. The van der Waals surface area contributed by atoms with Crippen molar-refractivity contribution in [2.45, 2.75) is 37.1 Å². The first-order valence-electron chi connectivity index (χ1n) is 6.54. The van der Waals surface area contributed by atoms with Crippen LogP contribution in [-0.4, -0.2) is 27.5 Å². The van der Waals surface area contributed by atoms with Crippen LogP contribution >= 0.6 is 24.0 Å². The van der Waals surface area contributed by atoms with Gasteiger partial charge >= 0.3 is 0 Å². The molecule has 0 bridgehead atoms. The number of benzene rings is 1. The molecule has 2 rings (SSSR count). The molecule has 1 heterocycles. The number of halogens is 2. The van der Waals surface area contributed by atoms with E-state index in [1.54, 1.807) is 12.1 Å². The molecular formula is C13H20Cl2N2O2S. The maximum absolute atomic E-state index is 12.3. The van der Waals surface area contributed by atoms with Crippen LogP contribution in [0.4, 0.5) is 0 Å². The predicted molar refractivity (Wildman–Crippen MR) is 84.3 cm³/mol. The molecule has 0 aliphatic carbocycles. The van der Waals surface area contributed by atoms with Crippen LogP contribution in [0.1, 0.15) is 25.3 Å². The third-order valence-electron chi connectivity index (χ3n) is 3.21. The van der Waals surface area contributed by atoms with Crippen LogP contribution in [0, 0.1) is 0 Å². The first-order valence-corrected chi connectivity index (χ1v) is 8.40. The quantitative estimate of drug-likeness (QED) is 0.866. The summed E-state index contributed by atoms with van der Waals surface area (Å²) in [5, 5.41) is 3.41. The van der Waals surface area contributed by atoms with Crippen molar-refractivity contribution in [1.82, 2.24) is 10.0 Å². The average molecular weight is 339 g/mol. The van der Waals surface area contributed by atoms with E-state index < -0.39 is 10.0 Å². The highest BCUT2D eigenvalue weighted by atomic mass is 35.5. The summed E-state index contributed by atoms with van der Waals surface area (Å²) in [5.74, 6) is 0. The van der Waals surface area contributed by atoms with Gasteiger partial charge in [0.05, 0.1) is 5.02 Å². The summed E-state index contributed by atoms with van der Waals surface area (Å²) < 4.78 is 27.4. The van der Waals surface area contributed by atoms with Crippen molar-refractivity contribution < 1.29 is 8.42 Å². The molecule has 114 valence electrons. The zero-order chi connectivity index (χ0) is 13.9. The molecule has 2 N–H and O–H groups in total. The number of hydrogen-bond acceptors (Lipinski definition) is 3. The minimum atomic E-state index is -3.54. The smallest absolute Gasteiger partial charge is 0.242 e. The molecule has 0 spiro atoms. The van der Waals surface area contributed by atoms with Crippen LogP contribution in [0.25, 0.3) is 0 Å². The Morgan fingerprint density at radius 2 is 2.20 bits per heavy atom. The van der Waals surface area contributed by atoms with Crippen LogP contribution in [0.2, 0.25) is 5.02 Å². The largest absolute Gasteiger partial charge is 0.315 e. The monoisotopic (exact) mass is 338 g/mol. The Morgan fingerprint density at radius 1 is 1.45 bits per heavy atom. The van der Waals surface area contributed by atoms with E-state index in [1.165, 1.54) is 0 Å². The first kappa shape index (κ1) is 17.7. The molecule has 1 saturated heterocycles. The lowest BCUT2D eigenvalue weighted by Crippen LogP contribution is -2.36. The summed E-state index contributed by atoms with van der Waals surface area (Å²) in [6, 6.07) is 5.17. The van der Waals surface area contributed by atoms with Crippen molar-refractivity contribution in [2.24, 2.45) is 0 Å². The second-order valence-corrected chi connectivity index (χ2v) is 6.92. The number of hydrogen-bond donors (Lipinski definition) is 2. The van der Waals surface area contributed by atoms with Gasteiger partial charge in [-0.1, -0.05) is 31.0 Å². The van der Waals surface area contributed by atoms with Crippen molar-refractivity contribution in [1.29, 1.82) is 0 Å². The van der Waals surface area contributed by atoms with Gasteiger partial charge in [-0.2, -0.15) is 0 Å². The second kappa shape index (κ2) is 7.61. The minimum Gasteiger partial charge on any atom is -0.315 e. The molecule has 1 aromatic carbocycles. The van der Waals surface area contributed by atoms with E-state index in [2.05, 4.69) is 17.0 Å². The van der Waals surface area contributed by atoms with Gasteiger partial charge in [0, 0.05) is 12.6 Å². The molecule has 0 aromatic heterocycles. The second-order valence-electron chi connectivity index (χ2n) is 4.83. The Labute approximate surface area is 131 Å². The molecular weight excluding hydrogens is 319 g/mol. The standard InChI is InChI=1S/C13H19ClN2O2S.ClH/c1-2-3-10-4-5-12(14)13(8-10)19(17,18)16-11-6-7-15-9-11;/h4-5,8,11,15-16H,2-3,6-7,9H2,1H3;1H. The summed E-state index contributed by atoms with van der Waals surface area (Å²) in [5.41, 5.74) is 0.997. The Hall–Kier alpha value is -0.330. The number of sulfonamides is 1. The van der Waals surface area contributed by atoms with Gasteiger partial charge in [0.2, 0.25) is 10.0 Å². The van der Waals surface area contributed by atoms with Gasteiger partial charge in [-0.05, 0) is 37.1 Å². The van der Waals surface area contributed by atoms with Crippen molar-refractivity contribution in [3.05, 3.63) is 28.8 Å². The fourth-order valence-electron chi connectivity index (χ4n) is 2.24. The summed E-state index contributed by atoms with van der Waals surface area (Å²) in [6.45, 7) is 3.58. The van der Waals surface area contributed by atoms with Gasteiger partial charge in [0.1, 0.15) is 4.90 Å². The fourth-order valence-corrected chi connectivity index (χ4v) is 4.06. The van der Waals surface area contributed by atoms with Gasteiger partial charge in [0.25, 0.3) is 0 Å². The number of aryl methyl sites for hydroxylation is 1. The molecule has 1 aliphatic heterocycles. The Kier molecular flexibility index (Phi) is 6.75. The minimum absolute atomic E-state index is 0. The van der Waals surface area contributed by atoms with Crippen molar-refractivity contribution in [2.75, 3.05) is 13.1 Å². The Bertz CT molecular complexity index is 543. The predicted octanol–water partition coefficient (Wildman–Crippen LogP) is 2.35. The maximum atomic E-state index is 12.3. The molecule has 4 nitrogen and oxygen atoms in total. The van der Waals surface area contributed by atoms with Crippen molar-refractivity contribution >= 4 is 34.0 Å². The zero-order valence-electron chi connectivity index (χ0n) is 11.4. The lowest BCUT2D eigenvalue weighted by Gasteiger charge is -2.14. The van der Waals surface area contributed by atoms with Crippen LogP contribution in [0.15, 0.2) is 23.1 Å². The van der Waals surface area contributed by atoms with Gasteiger partial charge < -0.3 is 5.32 Å². The number of rotatable bonds is 5. The van der Waals surface area contributed by atoms with Gasteiger partial charge in [-0.3, -0.25) is 0 Å². The summed E-state index contributed by atoms with van der Waals surface area (Å²) in [6.07, 6.45) is 2.64. The Morgan fingerprint density at radius 3 is 2.80 bits per heavy atom. The SMILES string of the molecule is CCCc1ccc(Cl)c(S(=O)(=O)NC2CCNC2)c1.Cl. The van der Waals surface area contributed by atoms with Gasteiger partial charge in [-0.25, -0.2) is 13.1 Å². The molecule has 20 heavy (non-hydrogen) atoms. The van der Waals surface area contributed by atoms with E-state index >= 15 is 0 Å². The lowest BCUT2D eigenvalue weighted by molar-refractivity contribution is 0.560. The topological polar surface area (TPSA) is 58.2 Å². The van der Waals surface area contributed by atoms with E-state index in [9.17, 15) is 8.42 Å². The third-order valence-corrected chi connectivity index (χ3v) is 5.21. The van der Waals surface area contributed by atoms with E-state index in [0.717, 1.165) is 31.4 Å². The van der Waals surface area contributed by atoms with Crippen molar-refractivity contribution in [3.8, 4) is 0 Å². The van der Waals surface area contributed by atoms with E-state index in [4.69, 9.17) is 11.6 Å². The van der Waals surface area contributed by atoms with E-state index in [-0.39, 0.29) is 28.4 Å². The molecule has 7 heteroatoms. The molecule has 1 unspecified atom stereocenters. The van der Waals surface area contributed by atoms with Gasteiger partial charge in [-0.15, -0.1) is 12.4 Å². The first-order chi connectivity index (χ1) is 9.03. The summed E-state index contributed by atoms with van der Waals surface area (Å²) in [7, 11) is -3.54. The molecule has 1 atom stereocenters. The van der Waals surface area contributed by atoms with Crippen molar-refractivity contribution in [3.63, 3.8) is 0 Å². The molecule has 0 amide bonds. The fraction of sp³-hybridized carbons (Fsp3) is 0.538. The van der Waals surface area contributed by atoms with Crippen LogP contribution in [0.5, 0.6) is 0 Å². The molecule has 0 radical (unpaired) electrons. The highest BCUT2D eigenvalue weighted by Crippen LogP contribution is 2.23. The normalized spacial score (nSPS) is 18.8. The van der Waals surface area contributed by atoms with E-state index in [0.29, 0.717) is 6.54 Å². The molecule has 1 aliphatic rings. The van der Waals surface area contributed by atoms with Crippen LogP contribution in [0.3, 0.4) is 0 Å². The maximum Gasteiger partial charge on any atom is 0.242 e. The lowest BCUT2D eigenvalue weighted by atomic mass is 10.1. The number of nitrogens with one attached hydrogen (secondary N) is 2. The summed E-state index contributed by atoms with van der Waals surface area (Å²) in [4.78, 5) is 0.187. The third kappa shape index (κ3) is 4.33. The zero-order valence-corrected chi connectivity index (χ0v) is 13.7. The Balaban J connectivity index is 0.00000200. The molecule has 0 saturated carbocycles. The molecule has 1 aromatic rings. The summed E-state index contributed by atoms with van der Waals surface area (Å²) >= 11 is 6.03. The highest BCUT2D eigenvalue weighted by molar-refractivity contribution is 7.89. The van der Waals surface area contributed by atoms with E-state index in [1.807, 2.05) is 6.07 Å². The van der Waals surface area contributed by atoms with Crippen LogP contribution in [-0.2, 0) is 16.4 Å². The molecule has 1 fully saturated rings. The van der Waals surface area contributed by atoms with Gasteiger partial charge in [0.15, 0.2) is 0 Å².